The molecule has 0 spiro atoms. The molecule has 0 aliphatic carbocycles. The summed E-state index contributed by atoms with van der Waals surface area (Å²) in [6.45, 7) is 2.04. The number of nitrogens with zero attached hydrogens (tertiary/aromatic N) is 2. The van der Waals surface area contributed by atoms with Crippen molar-refractivity contribution in [1.82, 2.24) is 0 Å². The highest BCUT2D eigenvalue weighted by molar-refractivity contribution is 6.32. The Labute approximate surface area is 196 Å². The first-order valence-corrected chi connectivity index (χ1v) is 10.4. The van der Waals surface area contributed by atoms with Gasteiger partial charge in [0.15, 0.2) is 5.75 Å². The number of halogens is 1. The zero-order valence-corrected chi connectivity index (χ0v) is 19.1. The third-order valence-electron chi connectivity index (χ3n) is 5.09. The minimum atomic E-state index is -0.955. The van der Waals surface area contributed by atoms with Gasteiger partial charge < -0.3 is 19.9 Å². The third kappa shape index (κ3) is 4.23. The summed E-state index contributed by atoms with van der Waals surface area (Å²) >= 11 is 6.36. The molecule has 2 aromatic carbocycles. The Morgan fingerprint density at radius 2 is 1.76 bits per heavy atom. The fourth-order valence-corrected chi connectivity index (χ4v) is 3.95. The average molecular weight is 468 g/mol. The molecule has 1 atom stereocenters. The van der Waals surface area contributed by atoms with Gasteiger partial charge in [-0.1, -0.05) is 48.0 Å². The lowest BCUT2D eigenvalue weighted by atomic mass is 9.81. The van der Waals surface area contributed by atoms with Crippen LogP contribution in [0, 0.1) is 11.3 Å². The molecule has 0 bridgehead atoms. The lowest BCUT2D eigenvalue weighted by Gasteiger charge is -2.36. The standard InChI is InChI=1S/C24H22ClN3O5/c1-4-33-21-16(25)11-8-12-17(21)28-20(24(30)32-3)19(23(29)31-2)18(15(13-26)22(28)27)14-9-6-5-7-10-14/h5-12,18H,4,27H2,1-3H3. The summed E-state index contributed by atoms with van der Waals surface area (Å²) in [6, 6.07) is 15.7. The number of methoxy groups -OCH3 is 2. The molecular weight excluding hydrogens is 446 g/mol. The highest BCUT2D eigenvalue weighted by Gasteiger charge is 2.43. The molecule has 2 aromatic rings. The van der Waals surface area contributed by atoms with Gasteiger partial charge in [0.1, 0.15) is 11.5 Å². The molecule has 0 saturated heterocycles. The molecule has 8 nitrogen and oxygen atoms in total. The highest BCUT2D eigenvalue weighted by Crippen LogP contribution is 2.46. The molecule has 33 heavy (non-hydrogen) atoms. The van der Waals surface area contributed by atoms with Gasteiger partial charge in [-0.3, -0.25) is 4.90 Å². The average Bonchev–Trinajstić information content (AvgIpc) is 2.84. The van der Waals surface area contributed by atoms with Crippen LogP contribution in [0.15, 0.2) is 71.2 Å². The van der Waals surface area contributed by atoms with Gasteiger partial charge in [-0.05, 0) is 24.6 Å². The van der Waals surface area contributed by atoms with E-state index < -0.39 is 17.9 Å². The first kappa shape index (κ1) is 23.7. The summed E-state index contributed by atoms with van der Waals surface area (Å²) in [5.41, 5.74) is 7.09. The summed E-state index contributed by atoms with van der Waals surface area (Å²) in [5.74, 6) is -2.45. The van der Waals surface area contributed by atoms with Crippen LogP contribution < -0.4 is 15.4 Å². The number of allylic oxidation sites excluding steroid dienone is 1. The van der Waals surface area contributed by atoms with Crippen molar-refractivity contribution in [3.8, 4) is 11.8 Å². The first-order chi connectivity index (χ1) is 15.9. The number of benzene rings is 2. The van der Waals surface area contributed by atoms with Crippen LogP contribution in [0.3, 0.4) is 0 Å². The normalized spacial score (nSPS) is 15.7. The van der Waals surface area contributed by atoms with Crippen molar-refractivity contribution in [2.45, 2.75) is 12.8 Å². The van der Waals surface area contributed by atoms with Gasteiger partial charge in [-0.2, -0.15) is 5.26 Å². The van der Waals surface area contributed by atoms with E-state index in [0.717, 1.165) is 0 Å². The fraction of sp³-hybridized carbons (Fsp3) is 0.208. The van der Waals surface area contributed by atoms with Crippen molar-refractivity contribution >= 4 is 29.2 Å². The van der Waals surface area contributed by atoms with Crippen molar-refractivity contribution in [3.63, 3.8) is 0 Å². The van der Waals surface area contributed by atoms with Crippen molar-refractivity contribution in [2.24, 2.45) is 5.73 Å². The summed E-state index contributed by atoms with van der Waals surface area (Å²) in [7, 11) is 2.37. The van der Waals surface area contributed by atoms with Crippen LogP contribution in [0.2, 0.25) is 5.02 Å². The molecule has 0 amide bonds. The Morgan fingerprint density at radius 3 is 2.33 bits per heavy atom. The predicted octanol–water partition coefficient (Wildman–Crippen LogP) is 3.64. The smallest absolute Gasteiger partial charge is 0.355 e. The van der Waals surface area contributed by atoms with Crippen molar-refractivity contribution < 1.29 is 23.8 Å². The first-order valence-electron chi connectivity index (χ1n) is 9.98. The Balaban J connectivity index is 2.45. The van der Waals surface area contributed by atoms with Crippen LogP contribution in [0.25, 0.3) is 0 Å². The van der Waals surface area contributed by atoms with Crippen LogP contribution in [-0.2, 0) is 19.1 Å². The third-order valence-corrected chi connectivity index (χ3v) is 5.38. The summed E-state index contributed by atoms with van der Waals surface area (Å²) in [5, 5.41) is 10.3. The number of rotatable bonds is 6. The Hall–Kier alpha value is -3.96. The SMILES string of the molecule is CCOc1c(Cl)cccc1N1C(N)=C(C#N)C(c2ccccc2)C(C(=O)OC)=C1C(=O)OC. The number of carbonyl (C=O) groups is 2. The number of ether oxygens (including phenoxy) is 3. The molecule has 0 saturated carbocycles. The maximum atomic E-state index is 13.1. The van der Waals surface area contributed by atoms with E-state index in [2.05, 4.69) is 6.07 Å². The molecule has 1 aliphatic rings. The fourth-order valence-electron chi connectivity index (χ4n) is 3.72. The number of hydrogen-bond donors (Lipinski definition) is 1. The second-order valence-corrected chi connectivity index (χ2v) is 7.26. The molecule has 1 heterocycles. The van der Waals surface area contributed by atoms with E-state index in [4.69, 9.17) is 31.5 Å². The number of esters is 2. The maximum Gasteiger partial charge on any atom is 0.355 e. The van der Waals surface area contributed by atoms with E-state index in [1.54, 1.807) is 55.5 Å². The van der Waals surface area contributed by atoms with E-state index in [0.29, 0.717) is 5.56 Å². The van der Waals surface area contributed by atoms with E-state index >= 15 is 0 Å². The quantitative estimate of drug-likeness (QED) is 0.640. The van der Waals surface area contributed by atoms with Crippen LogP contribution in [0.5, 0.6) is 5.75 Å². The van der Waals surface area contributed by atoms with Gasteiger partial charge in [0, 0.05) is 0 Å². The van der Waals surface area contributed by atoms with Gasteiger partial charge in [0.25, 0.3) is 0 Å². The van der Waals surface area contributed by atoms with E-state index in [1.807, 2.05) is 0 Å². The Kier molecular flexibility index (Phi) is 7.26. The van der Waals surface area contributed by atoms with Crippen LogP contribution in [0.4, 0.5) is 5.69 Å². The maximum absolute atomic E-state index is 13.1. The van der Waals surface area contributed by atoms with Gasteiger partial charge in [0.2, 0.25) is 0 Å². The predicted molar refractivity (Wildman–Crippen MR) is 122 cm³/mol. The van der Waals surface area contributed by atoms with Gasteiger partial charge in [-0.15, -0.1) is 0 Å². The zero-order chi connectivity index (χ0) is 24.1. The molecule has 0 aromatic heterocycles. The van der Waals surface area contributed by atoms with Crippen LogP contribution in [-0.4, -0.2) is 32.8 Å². The van der Waals surface area contributed by atoms with E-state index in [-0.39, 0.29) is 45.7 Å². The molecule has 9 heteroatoms. The lowest BCUT2D eigenvalue weighted by Crippen LogP contribution is -2.41. The summed E-state index contributed by atoms with van der Waals surface area (Å²) in [6.07, 6.45) is 0. The minimum Gasteiger partial charge on any atom is -0.490 e. The zero-order valence-electron chi connectivity index (χ0n) is 18.3. The van der Waals surface area contributed by atoms with Crippen LogP contribution in [0.1, 0.15) is 18.4 Å². The number of nitrogens with two attached hydrogens (primary N) is 1. The van der Waals surface area contributed by atoms with Gasteiger partial charge >= 0.3 is 11.9 Å². The van der Waals surface area contributed by atoms with Crippen molar-refractivity contribution in [1.29, 1.82) is 5.26 Å². The molecular formula is C24H22ClN3O5. The van der Waals surface area contributed by atoms with E-state index in [9.17, 15) is 14.9 Å². The molecule has 3 rings (SSSR count). The molecule has 0 radical (unpaired) electrons. The van der Waals surface area contributed by atoms with Crippen molar-refractivity contribution in [3.05, 3.63) is 81.8 Å². The number of para-hydroxylation sites is 1. The number of hydrogen-bond acceptors (Lipinski definition) is 8. The number of nitriles is 1. The topological polar surface area (TPSA) is 115 Å². The molecule has 2 N–H and O–H groups in total. The summed E-state index contributed by atoms with van der Waals surface area (Å²) < 4.78 is 15.7. The van der Waals surface area contributed by atoms with Gasteiger partial charge in [0.05, 0.1) is 54.7 Å². The van der Waals surface area contributed by atoms with Crippen molar-refractivity contribution in [2.75, 3.05) is 25.7 Å². The second kappa shape index (κ2) is 10.1. The molecule has 1 aliphatic heterocycles. The Morgan fingerprint density at radius 1 is 1.09 bits per heavy atom. The highest BCUT2D eigenvalue weighted by atomic mass is 35.5. The molecule has 1 unspecified atom stereocenters. The second-order valence-electron chi connectivity index (χ2n) is 6.86. The largest absolute Gasteiger partial charge is 0.490 e. The van der Waals surface area contributed by atoms with E-state index in [1.165, 1.54) is 19.1 Å². The Bertz CT molecular complexity index is 1180. The monoisotopic (exact) mass is 467 g/mol. The summed E-state index contributed by atoms with van der Waals surface area (Å²) in [4.78, 5) is 27.4. The lowest BCUT2D eigenvalue weighted by molar-refractivity contribution is -0.139. The molecule has 170 valence electrons. The van der Waals surface area contributed by atoms with Gasteiger partial charge in [-0.25, -0.2) is 9.59 Å². The number of anilines is 1. The number of carbonyl (C=O) groups excluding carboxylic acids is 2. The minimum absolute atomic E-state index is 0.0525. The molecule has 0 fully saturated rings. The van der Waals surface area contributed by atoms with Crippen LogP contribution >= 0.6 is 11.6 Å².